The van der Waals surface area contributed by atoms with Crippen LogP contribution in [0.1, 0.15) is 19.4 Å². The number of amides is 1. The molecule has 0 unspecified atom stereocenters. The molecule has 1 aliphatic heterocycles. The number of carbonyl (C=O) groups excluding carboxylic acids is 2. The molecular formula is C22H20N2O6. The number of benzene rings is 2. The molecule has 8 heteroatoms. The van der Waals surface area contributed by atoms with E-state index < -0.39 is 16.8 Å². The minimum absolute atomic E-state index is 0.0922. The van der Waals surface area contributed by atoms with Crippen molar-refractivity contribution in [3.63, 3.8) is 0 Å². The van der Waals surface area contributed by atoms with E-state index in [1.165, 1.54) is 36.3 Å². The molecule has 0 radical (unpaired) electrons. The van der Waals surface area contributed by atoms with Gasteiger partial charge in [0.15, 0.2) is 0 Å². The second-order valence-electron chi connectivity index (χ2n) is 6.43. The molecule has 0 aliphatic carbocycles. The van der Waals surface area contributed by atoms with Crippen molar-refractivity contribution in [3.05, 3.63) is 81.1 Å². The minimum Gasteiger partial charge on any atom is -0.494 e. The minimum atomic E-state index is -0.637. The fraction of sp³-hybridized carbons (Fsp3) is 0.182. The van der Waals surface area contributed by atoms with Crippen LogP contribution in [0.15, 0.2) is 65.4 Å². The number of esters is 1. The fourth-order valence-corrected chi connectivity index (χ4v) is 3.21. The van der Waals surface area contributed by atoms with Gasteiger partial charge in [-0.15, -0.1) is 0 Å². The molecule has 0 N–H and O–H groups in total. The van der Waals surface area contributed by atoms with E-state index in [9.17, 15) is 19.7 Å². The zero-order valence-corrected chi connectivity index (χ0v) is 16.7. The van der Waals surface area contributed by atoms with Crippen molar-refractivity contribution >= 4 is 29.3 Å². The number of rotatable bonds is 6. The topological polar surface area (TPSA) is 99.0 Å². The molecule has 0 spiro atoms. The third kappa shape index (κ3) is 3.93. The van der Waals surface area contributed by atoms with Gasteiger partial charge in [0.25, 0.3) is 11.6 Å². The summed E-state index contributed by atoms with van der Waals surface area (Å²) in [6, 6.07) is 12.7. The summed E-state index contributed by atoms with van der Waals surface area (Å²) in [7, 11) is 1.25. The Morgan fingerprint density at radius 3 is 2.30 bits per heavy atom. The van der Waals surface area contributed by atoms with E-state index in [1.807, 2.05) is 6.92 Å². The lowest BCUT2D eigenvalue weighted by atomic mass is 10.0. The quantitative estimate of drug-likeness (QED) is 0.311. The first-order valence-electron chi connectivity index (χ1n) is 9.20. The summed E-state index contributed by atoms with van der Waals surface area (Å²) in [6.45, 7) is 4.05. The third-order valence-corrected chi connectivity index (χ3v) is 4.61. The number of nitrogens with zero attached hydrogens (tertiary/aromatic N) is 2. The molecule has 30 heavy (non-hydrogen) atoms. The molecule has 1 heterocycles. The average molecular weight is 408 g/mol. The summed E-state index contributed by atoms with van der Waals surface area (Å²) < 4.78 is 10.3. The number of allylic oxidation sites excluding steroid dienone is 1. The highest BCUT2D eigenvalue weighted by molar-refractivity contribution is 6.23. The van der Waals surface area contributed by atoms with Crippen LogP contribution in [0.4, 0.5) is 11.4 Å². The summed E-state index contributed by atoms with van der Waals surface area (Å²) >= 11 is 0. The zero-order chi connectivity index (χ0) is 21.8. The first-order chi connectivity index (χ1) is 14.4. The van der Waals surface area contributed by atoms with Crippen LogP contribution in [0.25, 0.3) is 6.08 Å². The number of non-ortho nitro benzene ring substituents is 1. The Morgan fingerprint density at radius 1 is 1.13 bits per heavy atom. The van der Waals surface area contributed by atoms with Crippen LogP contribution in [-0.4, -0.2) is 30.5 Å². The SMILES string of the molecule is CCOc1ccc(/C=C2\C(=O)N(c3ccc([N+](=O)[O-])cc3)C(C)=C2C(=O)OC)cc1. The molecule has 8 nitrogen and oxygen atoms in total. The number of ether oxygens (including phenoxy) is 2. The molecule has 2 aromatic rings. The van der Waals surface area contributed by atoms with Crippen LogP contribution in [0.2, 0.25) is 0 Å². The second-order valence-corrected chi connectivity index (χ2v) is 6.43. The molecule has 1 aliphatic rings. The Hall–Kier alpha value is -3.94. The van der Waals surface area contributed by atoms with Crippen molar-refractivity contribution in [1.82, 2.24) is 0 Å². The average Bonchev–Trinajstić information content (AvgIpc) is 2.98. The second kappa shape index (κ2) is 8.60. The number of hydrogen-bond donors (Lipinski definition) is 0. The number of nitro benzene ring substituents is 1. The predicted molar refractivity (Wildman–Crippen MR) is 111 cm³/mol. The molecule has 0 aromatic heterocycles. The lowest BCUT2D eigenvalue weighted by Crippen LogP contribution is -2.24. The molecule has 0 saturated carbocycles. The predicted octanol–water partition coefficient (Wildman–Crippen LogP) is 3.87. The van der Waals surface area contributed by atoms with Crippen LogP contribution >= 0.6 is 0 Å². The van der Waals surface area contributed by atoms with Gasteiger partial charge in [-0.3, -0.25) is 19.8 Å². The molecule has 0 saturated heterocycles. The van der Waals surface area contributed by atoms with Gasteiger partial charge in [0.2, 0.25) is 0 Å². The van der Waals surface area contributed by atoms with E-state index in [0.717, 1.165) is 0 Å². The van der Waals surface area contributed by atoms with Gasteiger partial charge in [-0.1, -0.05) is 12.1 Å². The van der Waals surface area contributed by atoms with Crippen LogP contribution < -0.4 is 9.64 Å². The Balaban J connectivity index is 2.04. The highest BCUT2D eigenvalue weighted by Crippen LogP contribution is 2.36. The highest BCUT2D eigenvalue weighted by Gasteiger charge is 2.38. The molecule has 154 valence electrons. The smallest absolute Gasteiger partial charge is 0.340 e. The lowest BCUT2D eigenvalue weighted by Gasteiger charge is -2.17. The number of nitro groups is 1. The van der Waals surface area contributed by atoms with Gasteiger partial charge in [0.1, 0.15) is 5.75 Å². The van der Waals surface area contributed by atoms with Crippen molar-refractivity contribution in [3.8, 4) is 5.75 Å². The Morgan fingerprint density at radius 2 is 1.77 bits per heavy atom. The molecule has 1 amide bonds. The van der Waals surface area contributed by atoms with Gasteiger partial charge in [0, 0.05) is 23.5 Å². The van der Waals surface area contributed by atoms with Gasteiger partial charge < -0.3 is 9.47 Å². The molecule has 0 fully saturated rings. The van der Waals surface area contributed by atoms with Crippen molar-refractivity contribution in [2.45, 2.75) is 13.8 Å². The fourth-order valence-electron chi connectivity index (χ4n) is 3.21. The van der Waals surface area contributed by atoms with Crippen LogP contribution in [0, 0.1) is 10.1 Å². The number of methoxy groups -OCH3 is 1. The standard InChI is InChI=1S/C22H20N2O6/c1-4-30-18-11-5-15(6-12-18)13-19-20(22(26)29-3)14(2)23(21(19)25)16-7-9-17(10-8-16)24(27)28/h5-13H,4H2,1-3H3/b19-13-. The van der Waals surface area contributed by atoms with Crippen molar-refractivity contribution < 1.29 is 24.0 Å². The first kappa shape index (κ1) is 20.8. The molecule has 2 aromatic carbocycles. The van der Waals surface area contributed by atoms with Crippen LogP contribution in [-0.2, 0) is 14.3 Å². The molecular weight excluding hydrogens is 388 g/mol. The molecule has 0 atom stereocenters. The molecule has 0 bridgehead atoms. The van der Waals surface area contributed by atoms with E-state index in [0.29, 0.717) is 29.3 Å². The number of anilines is 1. The van der Waals surface area contributed by atoms with E-state index in [-0.39, 0.29) is 16.8 Å². The largest absolute Gasteiger partial charge is 0.494 e. The summed E-state index contributed by atoms with van der Waals surface area (Å²) in [5.41, 5.74) is 1.75. The third-order valence-electron chi connectivity index (χ3n) is 4.61. The van der Waals surface area contributed by atoms with Gasteiger partial charge >= 0.3 is 5.97 Å². The van der Waals surface area contributed by atoms with E-state index >= 15 is 0 Å². The normalized spacial score (nSPS) is 15.0. The maximum absolute atomic E-state index is 13.2. The number of hydrogen-bond acceptors (Lipinski definition) is 6. The van der Waals surface area contributed by atoms with Gasteiger partial charge in [-0.2, -0.15) is 0 Å². The van der Waals surface area contributed by atoms with Crippen LogP contribution in [0.3, 0.4) is 0 Å². The summed E-state index contributed by atoms with van der Waals surface area (Å²) in [4.78, 5) is 37.3. The first-order valence-corrected chi connectivity index (χ1v) is 9.20. The summed E-state index contributed by atoms with van der Waals surface area (Å²) in [6.07, 6.45) is 1.61. The highest BCUT2D eigenvalue weighted by atomic mass is 16.6. The number of carbonyl (C=O) groups is 2. The van der Waals surface area contributed by atoms with Crippen molar-refractivity contribution in [1.29, 1.82) is 0 Å². The van der Waals surface area contributed by atoms with E-state index in [2.05, 4.69) is 0 Å². The van der Waals surface area contributed by atoms with Gasteiger partial charge in [-0.05, 0) is 49.8 Å². The van der Waals surface area contributed by atoms with Crippen molar-refractivity contribution in [2.75, 3.05) is 18.6 Å². The Bertz CT molecular complexity index is 1050. The maximum atomic E-state index is 13.2. The Labute approximate surface area is 173 Å². The van der Waals surface area contributed by atoms with E-state index in [4.69, 9.17) is 9.47 Å². The van der Waals surface area contributed by atoms with Gasteiger partial charge in [0.05, 0.1) is 29.8 Å². The Kier molecular flexibility index (Phi) is 5.96. The van der Waals surface area contributed by atoms with Gasteiger partial charge in [-0.25, -0.2) is 4.79 Å². The zero-order valence-electron chi connectivity index (χ0n) is 16.7. The lowest BCUT2D eigenvalue weighted by molar-refractivity contribution is -0.384. The monoisotopic (exact) mass is 408 g/mol. The van der Waals surface area contributed by atoms with Crippen LogP contribution in [0.5, 0.6) is 5.75 Å². The maximum Gasteiger partial charge on any atom is 0.340 e. The van der Waals surface area contributed by atoms with Crippen molar-refractivity contribution in [2.24, 2.45) is 0 Å². The molecule has 3 rings (SSSR count). The summed E-state index contributed by atoms with van der Waals surface area (Å²) in [5.74, 6) is -0.358. The van der Waals surface area contributed by atoms with E-state index in [1.54, 1.807) is 37.3 Å². The summed E-state index contributed by atoms with van der Waals surface area (Å²) in [5, 5.41) is 10.9.